The molecule has 0 saturated heterocycles. The number of hydrogen-bond donors (Lipinski definition) is 0. The van der Waals surface area contributed by atoms with Crippen molar-refractivity contribution in [1.29, 1.82) is 0 Å². The molecule has 78 valence electrons. The maximum absolute atomic E-state index is 11.3. The summed E-state index contributed by atoms with van der Waals surface area (Å²) in [5, 5.41) is 0.806. The fourth-order valence-corrected chi connectivity index (χ4v) is 1.46. The summed E-state index contributed by atoms with van der Waals surface area (Å²) in [6.45, 7) is 3.78. The number of alkyl halides is 1. The fraction of sp³-hybridized carbons (Fsp3) is 0.500. The Labute approximate surface area is 91.6 Å². The highest BCUT2D eigenvalue weighted by Gasteiger charge is 2.17. The summed E-state index contributed by atoms with van der Waals surface area (Å²) in [4.78, 5) is 11.3. The van der Waals surface area contributed by atoms with Crippen molar-refractivity contribution in [2.24, 2.45) is 0 Å². The molecule has 0 bridgehead atoms. The zero-order chi connectivity index (χ0) is 10.7. The topological polar surface area (TPSA) is 39.4 Å². The summed E-state index contributed by atoms with van der Waals surface area (Å²) < 4.78 is 10.1. The minimum absolute atomic E-state index is 0.257. The highest BCUT2D eigenvalue weighted by atomic mass is 79.9. The van der Waals surface area contributed by atoms with E-state index in [0.717, 1.165) is 11.1 Å². The molecule has 1 aromatic rings. The summed E-state index contributed by atoms with van der Waals surface area (Å²) in [6.07, 6.45) is 0. The van der Waals surface area contributed by atoms with E-state index < -0.39 is 0 Å². The molecule has 1 unspecified atom stereocenters. The van der Waals surface area contributed by atoms with Gasteiger partial charge in [0.1, 0.15) is 17.1 Å². The van der Waals surface area contributed by atoms with E-state index in [1.165, 1.54) is 7.11 Å². The number of hydrogen-bond acceptors (Lipinski definition) is 3. The van der Waals surface area contributed by atoms with Crippen LogP contribution >= 0.6 is 15.9 Å². The minimum Gasteiger partial charge on any atom is -0.465 e. The molecule has 0 aliphatic rings. The van der Waals surface area contributed by atoms with Crippen LogP contribution in [0.5, 0.6) is 0 Å². The molecule has 0 radical (unpaired) electrons. The van der Waals surface area contributed by atoms with Gasteiger partial charge < -0.3 is 9.15 Å². The number of halogens is 1. The maximum Gasteiger partial charge on any atom is 0.341 e. The highest BCUT2D eigenvalue weighted by molar-refractivity contribution is 9.09. The van der Waals surface area contributed by atoms with Crippen LogP contribution in [0.1, 0.15) is 34.7 Å². The van der Waals surface area contributed by atoms with Gasteiger partial charge in [-0.2, -0.15) is 0 Å². The van der Waals surface area contributed by atoms with Gasteiger partial charge in [-0.1, -0.05) is 22.9 Å². The Morgan fingerprint density at radius 2 is 2.36 bits per heavy atom. The van der Waals surface area contributed by atoms with E-state index in [1.54, 1.807) is 13.0 Å². The van der Waals surface area contributed by atoms with Crippen LogP contribution in [0.15, 0.2) is 10.5 Å². The van der Waals surface area contributed by atoms with E-state index in [-0.39, 0.29) is 11.9 Å². The Morgan fingerprint density at radius 1 is 1.71 bits per heavy atom. The first kappa shape index (κ1) is 11.3. The van der Waals surface area contributed by atoms with Crippen molar-refractivity contribution in [3.63, 3.8) is 0 Å². The van der Waals surface area contributed by atoms with Crippen molar-refractivity contribution in [3.8, 4) is 0 Å². The molecule has 14 heavy (non-hydrogen) atoms. The molecular formula is C10H13BrO3. The molecule has 1 atom stereocenters. The molecule has 0 fully saturated rings. The molecule has 0 saturated carbocycles. The lowest BCUT2D eigenvalue weighted by atomic mass is 10.1. The summed E-state index contributed by atoms with van der Waals surface area (Å²) in [7, 11) is 1.36. The molecule has 0 amide bonds. The Balaban J connectivity index is 2.98. The van der Waals surface area contributed by atoms with Gasteiger partial charge in [0.25, 0.3) is 0 Å². The van der Waals surface area contributed by atoms with Gasteiger partial charge in [-0.25, -0.2) is 4.79 Å². The van der Waals surface area contributed by atoms with Gasteiger partial charge in [0.2, 0.25) is 0 Å². The third kappa shape index (κ3) is 2.18. The largest absolute Gasteiger partial charge is 0.465 e. The Morgan fingerprint density at radius 3 is 2.86 bits per heavy atom. The molecule has 1 rings (SSSR count). The molecule has 4 heteroatoms. The van der Waals surface area contributed by atoms with Crippen LogP contribution in [0, 0.1) is 6.92 Å². The number of aryl methyl sites for hydroxylation is 1. The van der Waals surface area contributed by atoms with Crippen molar-refractivity contribution in [2.75, 3.05) is 12.4 Å². The van der Waals surface area contributed by atoms with Gasteiger partial charge in [0.15, 0.2) is 0 Å². The molecular weight excluding hydrogens is 248 g/mol. The number of carbonyl (C=O) groups excluding carboxylic acids is 1. The first-order chi connectivity index (χ1) is 6.60. The fourth-order valence-electron chi connectivity index (χ4n) is 1.14. The number of methoxy groups -OCH3 is 1. The molecule has 0 aliphatic carbocycles. The molecule has 3 nitrogen and oxygen atoms in total. The molecule has 1 heterocycles. The van der Waals surface area contributed by atoms with Crippen LogP contribution in [0.25, 0.3) is 0 Å². The lowest BCUT2D eigenvalue weighted by molar-refractivity contribution is 0.0599. The minimum atomic E-state index is -0.348. The first-order valence-electron chi connectivity index (χ1n) is 4.34. The second-order valence-corrected chi connectivity index (χ2v) is 3.81. The van der Waals surface area contributed by atoms with Crippen molar-refractivity contribution in [3.05, 3.63) is 23.2 Å². The van der Waals surface area contributed by atoms with Crippen LogP contribution in [0.2, 0.25) is 0 Å². The van der Waals surface area contributed by atoms with E-state index in [0.29, 0.717) is 11.3 Å². The average molecular weight is 261 g/mol. The number of carbonyl (C=O) groups is 1. The maximum atomic E-state index is 11.3. The zero-order valence-corrected chi connectivity index (χ0v) is 10.1. The van der Waals surface area contributed by atoms with E-state index >= 15 is 0 Å². The van der Waals surface area contributed by atoms with E-state index in [1.807, 2.05) is 6.92 Å². The number of furan rings is 1. The van der Waals surface area contributed by atoms with Gasteiger partial charge in [-0.15, -0.1) is 0 Å². The van der Waals surface area contributed by atoms with Crippen molar-refractivity contribution >= 4 is 21.9 Å². The van der Waals surface area contributed by atoms with Gasteiger partial charge in [0.05, 0.1) is 7.11 Å². The quantitative estimate of drug-likeness (QED) is 0.620. The summed E-state index contributed by atoms with van der Waals surface area (Å²) in [5.41, 5.74) is 0.510. The summed E-state index contributed by atoms with van der Waals surface area (Å²) in [5.74, 6) is 1.32. The highest BCUT2D eigenvalue weighted by Crippen LogP contribution is 2.23. The molecule has 0 spiro atoms. The first-order valence-corrected chi connectivity index (χ1v) is 5.47. The standard InChI is InChI=1S/C10H13BrO3/c1-6(5-11)9-4-8(7(2)14-9)10(12)13-3/h4,6H,5H2,1-3H3. The Bertz CT molecular complexity index is 330. The van der Waals surface area contributed by atoms with Gasteiger partial charge >= 0.3 is 5.97 Å². The van der Waals surface area contributed by atoms with Crippen molar-refractivity contribution in [1.82, 2.24) is 0 Å². The van der Waals surface area contributed by atoms with Crippen LogP contribution in [-0.4, -0.2) is 18.4 Å². The summed E-state index contributed by atoms with van der Waals surface area (Å²) >= 11 is 3.36. The predicted octanol–water partition coefficient (Wildman–Crippen LogP) is 2.87. The van der Waals surface area contributed by atoms with Gasteiger partial charge in [0, 0.05) is 11.2 Å². The van der Waals surface area contributed by atoms with E-state index in [2.05, 4.69) is 20.7 Å². The normalized spacial score (nSPS) is 12.6. The third-order valence-electron chi connectivity index (χ3n) is 2.06. The number of esters is 1. The van der Waals surface area contributed by atoms with Gasteiger partial charge in [-0.3, -0.25) is 0 Å². The second-order valence-electron chi connectivity index (χ2n) is 3.17. The second kappa shape index (κ2) is 4.64. The monoisotopic (exact) mass is 260 g/mol. The molecule has 0 aliphatic heterocycles. The van der Waals surface area contributed by atoms with Gasteiger partial charge in [-0.05, 0) is 13.0 Å². The number of ether oxygens (including phenoxy) is 1. The molecule has 0 N–H and O–H groups in total. The van der Waals surface area contributed by atoms with E-state index in [9.17, 15) is 4.79 Å². The smallest absolute Gasteiger partial charge is 0.341 e. The van der Waals surface area contributed by atoms with Crippen molar-refractivity contribution in [2.45, 2.75) is 19.8 Å². The lowest BCUT2D eigenvalue weighted by Crippen LogP contribution is -2.00. The zero-order valence-electron chi connectivity index (χ0n) is 8.46. The predicted molar refractivity (Wildman–Crippen MR) is 57.0 cm³/mol. The van der Waals surface area contributed by atoms with Crippen LogP contribution < -0.4 is 0 Å². The summed E-state index contributed by atoms with van der Waals surface area (Å²) in [6, 6.07) is 1.74. The molecule has 1 aromatic heterocycles. The molecule has 0 aromatic carbocycles. The lowest BCUT2D eigenvalue weighted by Gasteiger charge is -2.00. The average Bonchev–Trinajstić information content (AvgIpc) is 2.58. The third-order valence-corrected chi connectivity index (χ3v) is 3.03. The van der Waals surface area contributed by atoms with Crippen LogP contribution in [0.3, 0.4) is 0 Å². The van der Waals surface area contributed by atoms with E-state index in [4.69, 9.17) is 4.42 Å². The Hall–Kier alpha value is -0.770. The number of rotatable bonds is 3. The Kier molecular flexibility index (Phi) is 3.75. The SMILES string of the molecule is COC(=O)c1cc(C(C)CBr)oc1C. The van der Waals surface area contributed by atoms with Crippen LogP contribution in [0.4, 0.5) is 0 Å². The van der Waals surface area contributed by atoms with Crippen molar-refractivity contribution < 1.29 is 13.9 Å². The van der Waals surface area contributed by atoms with Crippen LogP contribution in [-0.2, 0) is 4.74 Å².